The van der Waals surface area contributed by atoms with Crippen molar-refractivity contribution < 1.29 is 29.3 Å². The number of carboxylic acid groups (broad SMARTS) is 2. The fraction of sp³-hybridized carbons (Fsp3) is 0.647. The van der Waals surface area contributed by atoms with Crippen LogP contribution >= 0.6 is 11.6 Å². The van der Waals surface area contributed by atoms with E-state index in [1.54, 1.807) is 0 Å². The van der Waals surface area contributed by atoms with E-state index in [9.17, 15) is 9.59 Å². The van der Waals surface area contributed by atoms with Crippen LogP contribution in [0, 0.1) is 30.6 Å². The van der Waals surface area contributed by atoms with Crippen LogP contribution in [0.4, 0.5) is 9.59 Å². The summed E-state index contributed by atoms with van der Waals surface area (Å²) in [6.07, 6.45) is 11.0. The van der Waals surface area contributed by atoms with Crippen molar-refractivity contribution in [1.29, 1.82) is 0 Å². The smallest absolute Gasteiger partial charge is 0.450 e. The van der Waals surface area contributed by atoms with Gasteiger partial charge in [-0.2, -0.15) is 0 Å². The van der Waals surface area contributed by atoms with Gasteiger partial charge in [-0.25, -0.2) is 9.59 Å². The first-order chi connectivity index (χ1) is 11.3. The number of hydrogen-bond acceptors (Lipinski definition) is 4. The highest BCUT2D eigenvalue weighted by atomic mass is 35.5. The van der Waals surface area contributed by atoms with Gasteiger partial charge in [0.05, 0.1) is 5.88 Å². The molecule has 0 aromatic carbocycles. The Labute approximate surface area is 148 Å². The van der Waals surface area contributed by atoms with Crippen LogP contribution in [0.2, 0.25) is 0 Å². The number of hydrogen-bond donors (Lipinski definition) is 2. The number of rotatable bonds is 9. The molecular formula is C17H25ClO6. The fourth-order valence-electron chi connectivity index (χ4n) is 1.79. The SMILES string of the molecule is C#CC(CC(CC)CCCC)OC(=O)O.C#CC(CCl)OC(=O)O. The van der Waals surface area contributed by atoms with Crippen LogP contribution in [-0.4, -0.2) is 40.6 Å². The zero-order chi connectivity index (χ0) is 19.0. The lowest BCUT2D eigenvalue weighted by Crippen LogP contribution is -2.18. The Hall–Kier alpha value is -2.05. The molecule has 0 rings (SSSR count). The van der Waals surface area contributed by atoms with E-state index in [4.69, 9.17) is 34.7 Å². The van der Waals surface area contributed by atoms with Crippen molar-refractivity contribution in [3.05, 3.63) is 0 Å². The van der Waals surface area contributed by atoms with E-state index in [2.05, 4.69) is 29.2 Å². The van der Waals surface area contributed by atoms with E-state index < -0.39 is 24.5 Å². The average Bonchev–Trinajstić information content (AvgIpc) is 2.55. The van der Waals surface area contributed by atoms with Crippen molar-refractivity contribution in [2.24, 2.45) is 5.92 Å². The highest BCUT2D eigenvalue weighted by molar-refractivity contribution is 6.18. The highest BCUT2D eigenvalue weighted by Crippen LogP contribution is 2.19. The van der Waals surface area contributed by atoms with Crippen molar-refractivity contribution in [3.63, 3.8) is 0 Å². The Morgan fingerprint density at radius 3 is 1.88 bits per heavy atom. The van der Waals surface area contributed by atoms with Crippen molar-refractivity contribution in [2.45, 2.75) is 58.2 Å². The number of halogens is 1. The summed E-state index contributed by atoms with van der Waals surface area (Å²) in [4.78, 5) is 20.1. The Morgan fingerprint density at radius 2 is 1.58 bits per heavy atom. The van der Waals surface area contributed by atoms with Crippen molar-refractivity contribution in [3.8, 4) is 24.7 Å². The normalized spacial score (nSPS) is 13.0. The van der Waals surface area contributed by atoms with Gasteiger partial charge in [-0.1, -0.05) is 51.4 Å². The first-order valence-electron chi connectivity index (χ1n) is 7.61. The van der Waals surface area contributed by atoms with E-state index in [1.807, 2.05) is 5.92 Å². The minimum atomic E-state index is -1.40. The van der Waals surface area contributed by atoms with Gasteiger partial charge in [0, 0.05) is 0 Å². The third-order valence-electron chi connectivity index (χ3n) is 3.09. The second-order valence-corrected chi connectivity index (χ2v) is 5.19. The molecule has 0 fully saturated rings. The molecule has 0 aromatic heterocycles. The van der Waals surface area contributed by atoms with Gasteiger partial charge < -0.3 is 19.7 Å². The van der Waals surface area contributed by atoms with Gasteiger partial charge in [0.2, 0.25) is 0 Å². The number of carbonyl (C=O) groups is 2. The van der Waals surface area contributed by atoms with Crippen LogP contribution in [0.5, 0.6) is 0 Å². The first-order valence-corrected chi connectivity index (χ1v) is 8.15. The van der Waals surface area contributed by atoms with Gasteiger partial charge in [0.25, 0.3) is 0 Å². The molecule has 0 aromatic rings. The monoisotopic (exact) mass is 360 g/mol. The number of ether oxygens (including phenoxy) is 2. The molecule has 3 unspecified atom stereocenters. The van der Waals surface area contributed by atoms with E-state index in [0.717, 1.165) is 25.7 Å². The molecule has 0 aliphatic heterocycles. The molecule has 0 aliphatic rings. The summed E-state index contributed by atoms with van der Waals surface area (Å²) in [5.41, 5.74) is 0. The third kappa shape index (κ3) is 14.9. The highest BCUT2D eigenvalue weighted by Gasteiger charge is 2.16. The molecule has 24 heavy (non-hydrogen) atoms. The van der Waals surface area contributed by atoms with E-state index >= 15 is 0 Å². The van der Waals surface area contributed by atoms with Gasteiger partial charge in [-0.05, 0) is 12.3 Å². The second-order valence-electron chi connectivity index (χ2n) is 4.88. The van der Waals surface area contributed by atoms with Gasteiger partial charge in [-0.15, -0.1) is 24.4 Å². The number of alkyl halides is 1. The summed E-state index contributed by atoms with van der Waals surface area (Å²) in [5.74, 6) is 4.87. The van der Waals surface area contributed by atoms with E-state index in [-0.39, 0.29) is 5.88 Å². The van der Waals surface area contributed by atoms with Crippen molar-refractivity contribution >= 4 is 23.9 Å². The fourth-order valence-corrected chi connectivity index (χ4v) is 1.94. The Kier molecular flexibility index (Phi) is 16.0. The minimum absolute atomic E-state index is 0.0111. The molecule has 3 atom stereocenters. The molecule has 0 saturated heterocycles. The molecule has 0 saturated carbocycles. The van der Waals surface area contributed by atoms with Gasteiger partial charge in [-0.3, -0.25) is 0 Å². The van der Waals surface area contributed by atoms with Crippen molar-refractivity contribution in [2.75, 3.05) is 5.88 Å². The van der Waals surface area contributed by atoms with Crippen LogP contribution in [0.3, 0.4) is 0 Å². The quantitative estimate of drug-likeness (QED) is 0.363. The van der Waals surface area contributed by atoms with Gasteiger partial charge >= 0.3 is 12.3 Å². The number of unbranched alkanes of at least 4 members (excludes halogenated alkanes) is 1. The summed E-state index contributed by atoms with van der Waals surface area (Å²) < 4.78 is 8.69. The molecule has 6 nitrogen and oxygen atoms in total. The average molecular weight is 361 g/mol. The molecule has 0 radical (unpaired) electrons. The summed E-state index contributed by atoms with van der Waals surface area (Å²) in [6.45, 7) is 4.23. The van der Waals surface area contributed by atoms with Gasteiger partial charge in [0.15, 0.2) is 12.2 Å². The predicted molar refractivity (Wildman–Crippen MR) is 92.1 cm³/mol. The lowest BCUT2D eigenvalue weighted by Gasteiger charge is -2.17. The van der Waals surface area contributed by atoms with E-state index in [0.29, 0.717) is 12.3 Å². The maximum atomic E-state index is 10.3. The first kappa shape index (κ1) is 24.2. The van der Waals surface area contributed by atoms with Crippen LogP contribution in [0.15, 0.2) is 0 Å². The number of terminal acetylenes is 2. The Bertz CT molecular complexity index is 437. The van der Waals surface area contributed by atoms with Crippen LogP contribution in [0.25, 0.3) is 0 Å². The maximum absolute atomic E-state index is 10.3. The molecule has 7 heteroatoms. The Balaban J connectivity index is 0. The largest absolute Gasteiger partial charge is 0.507 e. The zero-order valence-electron chi connectivity index (χ0n) is 14.0. The molecule has 0 amide bonds. The summed E-state index contributed by atoms with van der Waals surface area (Å²) >= 11 is 5.18. The molecule has 2 N–H and O–H groups in total. The summed E-state index contributed by atoms with van der Waals surface area (Å²) in [5, 5.41) is 16.4. The predicted octanol–water partition coefficient (Wildman–Crippen LogP) is 4.21. The Morgan fingerprint density at radius 1 is 1.08 bits per heavy atom. The third-order valence-corrected chi connectivity index (χ3v) is 3.37. The lowest BCUT2D eigenvalue weighted by atomic mass is 9.93. The maximum Gasteiger partial charge on any atom is 0.507 e. The van der Waals surface area contributed by atoms with Gasteiger partial charge in [0.1, 0.15) is 0 Å². The second kappa shape index (κ2) is 15.8. The molecule has 0 aliphatic carbocycles. The summed E-state index contributed by atoms with van der Waals surface area (Å²) in [7, 11) is 0. The standard InChI is InChI=1S/C12H20O3.C5H5ClO3/c1-4-7-8-10(5-2)9-11(6-3)15-12(13)14;1-2-4(3-6)9-5(7)8/h3,10-11H,4-5,7-9H2,1-2H3,(H,13,14);1,4H,3H2,(H,7,8). The summed E-state index contributed by atoms with van der Waals surface area (Å²) in [6, 6.07) is 0. The zero-order valence-corrected chi connectivity index (χ0v) is 14.8. The molecular weight excluding hydrogens is 336 g/mol. The minimum Gasteiger partial charge on any atom is -0.450 e. The van der Waals surface area contributed by atoms with E-state index in [1.165, 1.54) is 0 Å². The lowest BCUT2D eigenvalue weighted by molar-refractivity contribution is 0.0625. The van der Waals surface area contributed by atoms with Crippen LogP contribution < -0.4 is 0 Å². The molecule has 0 bridgehead atoms. The topological polar surface area (TPSA) is 93.1 Å². The molecule has 0 spiro atoms. The molecule has 136 valence electrons. The van der Waals surface area contributed by atoms with Crippen LogP contribution in [0.1, 0.15) is 46.0 Å². The molecule has 0 heterocycles. The van der Waals surface area contributed by atoms with Crippen molar-refractivity contribution in [1.82, 2.24) is 0 Å². The van der Waals surface area contributed by atoms with Crippen LogP contribution in [-0.2, 0) is 9.47 Å².